The largest absolute Gasteiger partial charge is 0.449 e. The standard InChI is InChI=1S/C14H15ClFNO3/c1-3-4-5-13(18)20-9(2)14(19)17-12-7-6-10(16)8-11(12)15/h4-9H,3H2,1-2H3,(H,17,19)/b5-4+/t9-/m1/s1. The summed E-state index contributed by atoms with van der Waals surface area (Å²) >= 11 is 5.78. The Morgan fingerprint density at radius 3 is 2.80 bits per heavy atom. The van der Waals surface area contributed by atoms with Crippen LogP contribution in [-0.2, 0) is 14.3 Å². The first kappa shape index (κ1) is 16.2. The highest BCUT2D eigenvalue weighted by Crippen LogP contribution is 2.22. The Hall–Kier alpha value is -1.88. The second-order valence-corrected chi connectivity index (χ2v) is 4.41. The van der Waals surface area contributed by atoms with Crippen molar-refractivity contribution in [1.82, 2.24) is 0 Å². The summed E-state index contributed by atoms with van der Waals surface area (Å²) in [6.07, 6.45) is 2.60. The average Bonchev–Trinajstić information content (AvgIpc) is 2.39. The third-order valence-electron chi connectivity index (χ3n) is 2.34. The molecule has 0 aliphatic carbocycles. The van der Waals surface area contributed by atoms with Gasteiger partial charge >= 0.3 is 5.97 Å². The molecule has 1 aromatic rings. The molecule has 1 rings (SSSR count). The third kappa shape index (κ3) is 5.01. The van der Waals surface area contributed by atoms with E-state index in [4.69, 9.17) is 16.3 Å². The van der Waals surface area contributed by atoms with Crippen molar-refractivity contribution < 1.29 is 18.7 Å². The van der Waals surface area contributed by atoms with Gasteiger partial charge in [0.2, 0.25) is 0 Å². The number of hydrogen-bond acceptors (Lipinski definition) is 3. The number of anilines is 1. The second-order valence-electron chi connectivity index (χ2n) is 4.00. The molecule has 0 aliphatic rings. The van der Waals surface area contributed by atoms with Crippen LogP contribution < -0.4 is 5.32 Å². The molecule has 0 saturated carbocycles. The monoisotopic (exact) mass is 299 g/mol. The number of hydrogen-bond donors (Lipinski definition) is 1. The van der Waals surface area contributed by atoms with E-state index in [9.17, 15) is 14.0 Å². The number of ether oxygens (including phenoxy) is 1. The molecule has 20 heavy (non-hydrogen) atoms. The summed E-state index contributed by atoms with van der Waals surface area (Å²) in [6.45, 7) is 3.31. The van der Waals surface area contributed by atoms with E-state index in [1.165, 1.54) is 25.1 Å². The van der Waals surface area contributed by atoms with Crippen molar-refractivity contribution in [3.05, 3.63) is 41.2 Å². The first-order valence-electron chi connectivity index (χ1n) is 6.07. The summed E-state index contributed by atoms with van der Waals surface area (Å²) in [5, 5.41) is 2.53. The van der Waals surface area contributed by atoms with Gasteiger partial charge in [0.05, 0.1) is 10.7 Å². The van der Waals surface area contributed by atoms with E-state index < -0.39 is 23.8 Å². The van der Waals surface area contributed by atoms with Gasteiger partial charge in [0, 0.05) is 6.08 Å². The lowest BCUT2D eigenvalue weighted by Gasteiger charge is -2.13. The highest BCUT2D eigenvalue weighted by molar-refractivity contribution is 6.33. The molecule has 0 fully saturated rings. The molecule has 1 atom stereocenters. The SMILES string of the molecule is CC/C=C/C(=O)O[C@H](C)C(=O)Nc1ccc(F)cc1Cl. The molecule has 1 amide bonds. The van der Waals surface area contributed by atoms with E-state index in [2.05, 4.69) is 5.32 Å². The number of amides is 1. The highest BCUT2D eigenvalue weighted by atomic mass is 35.5. The van der Waals surface area contributed by atoms with E-state index in [1.54, 1.807) is 6.08 Å². The fourth-order valence-electron chi connectivity index (χ4n) is 1.31. The van der Waals surface area contributed by atoms with Gasteiger partial charge in [-0.05, 0) is 31.5 Å². The van der Waals surface area contributed by atoms with Crippen molar-refractivity contribution in [2.24, 2.45) is 0 Å². The first-order valence-corrected chi connectivity index (χ1v) is 6.45. The molecular weight excluding hydrogens is 285 g/mol. The number of esters is 1. The molecule has 4 nitrogen and oxygen atoms in total. The molecule has 0 spiro atoms. The van der Waals surface area contributed by atoms with Crippen molar-refractivity contribution in [2.45, 2.75) is 26.4 Å². The number of carbonyl (C=O) groups is 2. The predicted molar refractivity (Wildman–Crippen MR) is 75.0 cm³/mol. The van der Waals surface area contributed by atoms with Crippen LogP contribution in [0, 0.1) is 5.82 Å². The van der Waals surface area contributed by atoms with E-state index in [-0.39, 0.29) is 10.7 Å². The smallest absolute Gasteiger partial charge is 0.331 e. The molecule has 108 valence electrons. The number of allylic oxidation sites excluding steroid dienone is 1. The minimum absolute atomic E-state index is 0.0720. The Bertz CT molecular complexity index is 531. The summed E-state index contributed by atoms with van der Waals surface area (Å²) in [7, 11) is 0. The number of nitrogens with one attached hydrogen (secondary N) is 1. The first-order chi connectivity index (χ1) is 9.43. The molecule has 0 unspecified atom stereocenters. The summed E-state index contributed by atoms with van der Waals surface area (Å²) in [5.74, 6) is -1.64. The maximum Gasteiger partial charge on any atom is 0.331 e. The fraction of sp³-hybridized carbons (Fsp3) is 0.286. The molecule has 6 heteroatoms. The van der Waals surface area contributed by atoms with E-state index in [1.807, 2.05) is 6.92 Å². The normalized spacial score (nSPS) is 12.2. The Balaban J connectivity index is 2.61. The third-order valence-corrected chi connectivity index (χ3v) is 2.65. The Morgan fingerprint density at radius 1 is 1.50 bits per heavy atom. The molecule has 0 aliphatic heterocycles. The Labute approximate surface area is 121 Å². The second kappa shape index (κ2) is 7.65. The molecule has 1 N–H and O–H groups in total. The maximum atomic E-state index is 12.9. The lowest BCUT2D eigenvalue weighted by molar-refractivity contribution is -0.148. The van der Waals surface area contributed by atoms with Gasteiger partial charge in [-0.3, -0.25) is 4.79 Å². The van der Waals surface area contributed by atoms with Crippen LogP contribution in [0.5, 0.6) is 0 Å². The molecule has 1 aromatic carbocycles. The quantitative estimate of drug-likeness (QED) is 0.670. The lowest BCUT2D eigenvalue weighted by atomic mass is 10.3. The van der Waals surface area contributed by atoms with Crippen LogP contribution in [0.1, 0.15) is 20.3 Å². The topological polar surface area (TPSA) is 55.4 Å². The fourth-order valence-corrected chi connectivity index (χ4v) is 1.52. The van der Waals surface area contributed by atoms with Gasteiger partial charge in [-0.25, -0.2) is 9.18 Å². The van der Waals surface area contributed by atoms with Gasteiger partial charge in [-0.15, -0.1) is 0 Å². The average molecular weight is 300 g/mol. The van der Waals surface area contributed by atoms with Crippen LogP contribution in [0.25, 0.3) is 0 Å². The Morgan fingerprint density at radius 2 is 2.20 bits per heavy atom. The van der Waals surface area contributed by atoms with Crippen molar-refractivity contribution in [3.8, 4) is 0 Å². The molecule has 0 bridgehead atoms. The van der Waals surface area contributed by atoms with E-state index >= 15 is 0 Å². The molecule has 0 saturated heterocycles. The van der Waals surface area contributed by atoms with E-state index in [0.29, 0.717) is 6.42 Å². The van der Waals surface area contributed by atoms with Gasteiger partial charge in [0.15, 0.2) is 6.10 Å². The molecular formula is C14H15ClFNO3. The van der Waals surface area contributed by atoms with Gasteiger partial charge in [0.25, 0.3) is 5.91 Å². The summed E-state index contributed by atoms with van der Waals surface area (Å²) < 4.78 is 17.8. The zero-order valence-corrected chi connectivity index (χ0v) is 11.9. The minimum Gasteiger partial charge on any atom is -0.449 e. The summed E-state index contributed by atoms with van der Waals surface area (Å²) in [5.41, 5.74) is 0.255. The zero-order chi connectivity index (χ0) is 15.1. The number of halogens is 2. The molecule has 0 radical (unpaired) electrons. The summed E-state index contributed by atoms with van der Waals surface area (Å²) in [6, 6.07) is 3.58. The van der Waals surface area contributed by atoms with E-state index in [0.717, 1.165) is 6.07 Å². The van der Waals surface area contributed by atoms with Gasteiger partial charge in [-0.1, -0.05) is 24.6 Å². The number of carbonyl (C=O) groups excluding carboxylic acids is 2. The number of rotatable bonds is 5. The van der Waals surface area contributed by atoms with Crippen LogP contribution in [0.2, 0.25) is 5.02 Å². The van der Waals surface area contributed by atoms with Gasteiger partial charge in [0.1, 0.15) is 5.82 Å². The van der Waals surface area contributed by atoms with Crippen LogP contribution in [-0.4, -0.2) is 18.0 Å². The highest BCUT2D eigenvalue weighted by Gasteiger charge is 2.17. The zero-order valence-electron chi connectivity index (χ0n) is 11.2. The van der Waals surface area contributed by atoms with Crippen LogP contribution in [0.3, 0.4) is 0 Å². The molecule has 0 aromatic heterocycles. The molecule has 0 heterocycles. The minimum atomic E-state index is -0.981. The van der Waals surface area contributed by atoms with Crippen LogP contribution >= 0.6 is 11.6 Å². The van der Waals surface area contributed by atoms with Crippen LogP contribution in [0.15, 0.2) is 30.4 Å². The maximum absolute atomic E-state index is 12.9. The lowest BCUT2D eigenvalue weighted by Crippen LogP contribution is -2.29. The number of benzene rings is 1. The van der Waals surface area contributed by atoms with Gasteiger partial charge < -0.3 is 10.1 Å². The summed E-state index contributed by atoms with van der Waals surface area (Å²) in [4.78, 5) is 23.1. The van der Waals surface area contributed by atoms with Crippen molar-refractivity contribution in [1.29, 1.82) is 0 Å². The van der Waals surface area contributed by atoms with Crippen molar-refractivity contribution in [2.75, 3.05) is 5.32 Å². The Kier molecular flexibility index (Phi) is 6.18. The van der Waals surface area contributed by atoms with Gasteiger partial charge in [-0.2, -0.15) is 0 Å². The van der Waals surface area contributed by atoms with Crippen molar-refractivity contribution in [3.63, 3.8) is 0 Å². The van der Waals surface area contributed by atoms with Crippen molar-refractivity contribution >= 4 is 29.2 Å². The van der Waals surface area contributed by atoms with Crippen LogP contribution in [0.4, 0.5) is 10.1 Å². The predicted octanol–water partition coefficient (Wildman–Crippen LogP) is 3.32.